The van der Waals surface area contributed by atoms with E-state index < -0.39 is 5.91 Å². The summed E-state index contributed by atoms with van der Waals surface area (Å²) in [6.07, 6.45) is 5.51. The fourth-order valence-corrected chi connectivity index (χ4v) is 3.65. The normalized spacial score (nSPS) is 17.3. The van der Waals surface area contributed by atoms with Gasteiger partial charge in [0, 0.05) is 23.2 Å². The predicted octanol–water partition coefficient (Wildman–Crippen LogP) is 3.14. The molecule has 3 heterocycles. The number of hydrogen-bond acceptors (Lipinski definition) is 7. The van der Waals surface area contributed by atoms with E-state index in [0.717, 1.165) is 18.7 Å². The summed E-state index contributed by atoms with van der Waals surface area (Å²) in [5.74, 6) is 1.17. The third-order valence-electron chi connectivity index (χ3n) is 5.10. The van der Waals surface area contributed by atoms with Gasteiger partial charge in [0.25, 0.3) is 5.91 Å². The molecule has 0 radical (unpaired) electrons. The molecule has 5 rings (SSSR count). The zero-order valence-electron chi connectivity index (χ0n) is 16.6. The standard InChI is InChI=1S/C21H19ClN6O3/c1-31-15-4-2-3-14(19(15)22)25-16-9-17(24-13-5-6-13)28-20(26-16)12(10-23-28)7-11-8-18(29)27-21(11)30/h2-4,7,9-10,13,24H,5-6,8H2,1H3,(H,25,26)(H,27,29,30)/b11-7+. The van der Waals surface area contributed by atoms with E-state index in [2.05, 4.69) is 21.0 Å². The summed E-state index contributed by atoms with van der Waals surface area (Å²) in [5, 5.41) is 13.9. The largest absolute Gasteiger partial charge is 0.495 e. The van der Waals surface area contributed by atoms with E-state index in [1.165, 1.54) is 0 Å². The Morgan fingerprint density at radius 3 is 2.87 bits per heavy atom. The summed E-state index contributed by atoms with van der Waals surface area (Å²) in [6, 6.07) is 7.69. The van der Waals surface area contributed by atoms with E-state index in [9.17, 15) is 9.59 Å². The van der Waals surface area contributed by atoms with E-state index in [0.29, 0.717) is 45.1 Å². The van der Waals surface area contributed by atoms with Gasteiger partial charge < -0.3 is 15.4 Å². The Bertz CT molecular complexity index is 1250. The molecule has 10 heteroatoms. The number of aromatic nitrogens is 3. The molecular formula is C21H19ClN6O3. The van der Waals surface area contributed by atoms with E-state index in [-0.39, 0.29) is 12.3 Å². The molecule has 0 bridgehead atoms. The van der Waals surface area contributed by atoms with Crippen LogP contribution in [0.1, 0.15) is 24.8 Å². The lowest BCUT2D eigenvalue weighted by atomic mass is 10.1. The molecule has 1 saturated carbocycles. The molecule has 2 aliphatic rings. The van der Waals surface area contributed by atoms with Crippen molar-refractivity contribution in [3.05, 3.63) is 46.6 Å². The van der Waals surface area contributed by atoms with Gasteiger partial charge in [-0.2, -0.15) is 9.61 Å². The zero-order chi connectivity index (χ0) is 21.5. The Morgan fingerprint density at radius 1 is 1.32 bits per heavy atom. The molecule has 2 aromatic heterocycles. The third kappa shape index (κ3) is 3.79. The van der Waals surface area contributed by atoms with Crippen molar-refractivity contribution in [3.63, 3.8) is 0 Å². The molecule has 1 saturated heterocycles. The minimum absolute atomic E-state index is 0.0424. The highest BCUT2D eigenvalue weighted by Crippen LogP contribution is 2.34. The van der Waals surface area contributed by atoms with Gasteiger partial charge in [-0.25, -0.2) is 4.98 Å². The van der Waals surface area contributed by atoms with Crippen molar-refractivity contribution in [2.75, 3.05) is 17.7 Å². The monoisotopic (exact) mass is 438 g/mol. The topological polar surface area (TPSA) is 110 Å². The highest BCUT2D eigenvalue weighted by atomic mass is 35.5. The van der Waals surface area contributed by atoms with Crippen LogP contribution in [0.25, 0.3) is 11.7 Å². The molecule has 1 aromatic carbocycles. The number of imide groups is 1. The fourth-order valence-electron chi connectivity index (χ4n) is 3.40. The second kappa shape index (κ2) is 7.59. The Labute approximate surface area is 182 Å². The SMILES string of the molecule is COc1cccc(Nc2cc(NC3CC3)n3ncc(/C=C4\CC(=O)NC4=O)c3n2)c1Cl. The number of methoxy groups -OCH3 is 1. The predicted molar refractivity (Wildman–Crippen MR) is 117 cm³/mol. The number of benzene rings is 1. The summed E-state index contributed by atoms with van der Waals surface area (Å²) >= 11 is 6.43. The van der Waals surface area contributed by atoms with Crippen LogP contribution in [0.4, 0.5) is 17.3 Å². The first kappa shape index (κ1) is 19.4. The molecule has 31 heavy (non-hydrogen) atoms. The number of ether oxygens (including phenoxy) is 1. The minimum Gasteiger partial charge on any atom is -0.495 e. The van der Waals surface area contributed by atoms with Crippen LogP contribution in [0, 0.1) is 0 Å². The Balaban J connectivity index is 1.58. The number of rotatable bonds is 6. The number of carbonyl (C=O) groups excluding carboxylic acids is 2. The number of nitrogens with one attached hydrogen (secondary N) is 3. The van der Waals surface area contributed by atoms with Crippen LogP contribution in [0.5, 0.6) is 5.75 Å². The summed E-state index contributed by atoms with van der Waals surface area (Å²) in [5.41, 5.74) is 2.22. The van der Waals surface area contributed by atoms with Crippen molar-refractivity contribution in [1.82, 2.24) is 19.9 Å². The van der Waals surface area contributed by atoms with Crippen LogP contribution in [-0.4, -0.2) is 39.6 Å². The molecule has 1 aliphatic heterocycles. The number of hydrogen-bond donors (Lipinski definition) is 3. The average Bonchev–Trinajstić information content (AvgIpc) is 3.38. The van der Waals surface area contributed by atoms with Crippen molar-refractivity contribution < 1.29 is 14.3 Å². The fraction of sp³-hybridized carbons (Fsp3) is 0.238. The van der Waals surface area contributed by atoms with Gasteiger partial charge >= 0.3 is 0 Å². The van der Waals surface area contributed by atoms with Crippen molar-refractivity contribution in [1.29, 1.82) is 0 Å². The maximum atomic E-state index is 12.0. The molecule has 3 aromatic rings. The van der Waals surface area contributed by atoms with Gasteiger partial charge in [0.2, 0.25) is 5.91 Å². The summed E-state index contributed by atoms with van der Waals surface area (Å²) in [6.45, 7) is 0. The molecule has 0 spiro atoms. The molecule has 1 aliphatic carbocycles. The van der Waals surface area contributed by atoms with Crippen LogP contribution in [-0.2, 0) is 9.59 Å². The summed E-state index contributed by atoms with van der Waals surface area (Å²) in [4.78, 5) is 28.2. The number of fused-ring (bicyclic) bond motifs is 1. The molecule has 0 atom stereocenters. The van der Waals surface area contributed by atoms with Crippen LogP contribution < -0.4 is 20.7 Å². The van der Waals surface area contributed by atoms with Crippen LogP contribution in [0.2, 0.25) is 5.02 Å². The summed E-state index contributed by atoms with van der Waals surface area (Å²) < 4.78 is 6.98. The van der Waals surface area contributed by atoms with E-state index >= 15 is 0 Å². The van der Waals surface area contributed by atoms with Gasteiger partial charge in [0.15, 0.2) is 5.65 Å². The first-order valence-electron chi connectivity index (χ1n) is 9.81. The molecule has 0 unspecified atom stereocenters. The van der Waals surface area contributed by atoms with Crippen LogP contribution in [0.3, 0.4) is 0 Å². The number of halogens is 1. The lowest BCUT2D eigenvalue weighted by Crippen LogP contribution is -2.19. The average molecular weight is 439 g/mol. The zero-order valence-corrected chi connectivity index (χ0v) is 17.4. The number of anilines is 3. The van der Waals surface area contributed by atoms with Crippen LogP contribution in [0.15, 0.2) is 36.0 Å². The first-order chi connectivity index (χ1) is 15.0. The third-order valence-corrected chi connectivity index (χ3v) is 5.49. The molecular weight excluding hydrogens is 420 g/mol. The molecule has 2 fully saturated rings. The van der Waals surface area contributed by atoms with Crippen molar-refractivity contribution in [2.45, 2.75) is 25.3 Å². The highest BCUT2D eigenvalue weighted by molar-refractivity contribution is 6.34. The first-order valence-corrected chi connectivity index (χ1v) is 10.2. The second-order valence-corrected chi connectivity index (χ2v) is 7.83. The lowest BCUT2D eigenvalue weighted by Gasteiger charge is -2.13. The Hall–Kier alpha value is -3.59. The van der Waals surface area contributed by atoms with E-state index in [1.807, 2.05) is 18.2 Å². The van der Waals surface area contributed by atoms with Gasteiger partial charge in [0.05, 0.1) is 25.4 Å². The highest BCUT2D eigenvalue weighted by Gasteiger charge is 2.26. The maximum Gasteiger partial charge on any atom is 0.254 e. The van der Waals surface area contributed by atoms with Crippen molar-refractivity contribution in [3.8, 4) is 5.75 Å². The van der Waals surface area contributed by atoms with Crippen LogP contribution >= 0.6 is 11.6 Å². The van der Waals surface area contributed by atoms with Gasteiger partial charge in [-0.05, 0) is 31.1 Å². The maximum absolute atomic E-state index is 12.0. The van der Waals surface area contributed by atoms with Crippen molar-refractivity contribution in [2.24, 2.45) is 0 Å². The second-order valence-electron chi connectivity index (χ2n) is 7.45. The van der Waals surface area contributed by atoms with Gasteiger partial charge in [-0.1, -0.05) is 17.7 Å². The molecule has 3 N–H and O–H groups in total. The molecule has 2 amide bonds. The van der Waals surface area contributed by atoms with E-state index in [1.54, 1.807) is 30.0 Å². The lowest BCUT2D eigenvalue weighted by molar-refractivity contribution is -0.124. The Kier molecular flexibility index (Phi) is 4.74. The van der Waals surface area contributed by atoms with Crippen molar-refractivity contribution >= 4 is 52.5 Å². The number of nitrogens with zero attached hydrogens (tertiary/aromatic N) is 3. The van der Waals surface area contributed by atoms with Gasteiger partial charge in [-0.15, -0.1) is 0 Å². The number of amides is 2. The molecule has 9 nitrogen and oxygen atoms in total. The summed E-state index contributed by atoms with van der Waals surface area (Å²) in [7, 11) is 1.56. The van der Waals surface area contributed by atoms with E-state index in [4.69, 9.17) is 21.3 Å². The minimum atomic E-state index is -0.391. The quantitative estimate of drug-likeness (QED) is 0.400. The number of carbonyl (C=O) groups is 2. The Morgan fingerprint density at radius 2 is 2.16 bits per heavy atom. The smallest absolute Gasteiger partial charge is 0.254 e. The van der Waals surface area contributed by atoms with Gasteiger partial charge in [0.1, 0.15) is 22.4 Å². The molecule has 158 valence electrons. The van der Waals surface area contributed by atoms with Gasteiger partial charge in [-0.3, -0.25) is 14.9 Å².